The van der Waals surface area contributed by atoms with Crippen LogP contribution in [-0.2, 0) is 7.05 Å². The summed E-state index contributed by atoms with van der Waals surface area (Å²) in [4.78, 5) is 7.21. The molecular weight excluding hydrogens is 354 g/mol. The lowest BCUT2D eigenvalue weighted by Crippen LogP contribution is -2.35. The lowest BCUT2D eigenvalue weighted by molar-refractivity contribution is 0.253. The number of rotatable bonds is 6. The third-order valence-electron chi connectivity index (χ3n) is 6.23. The van der Waals surface area contributed by atoms with Crippen LogP contribution in [0.3, 0.4) is 0 Å². The molecule has 29 heavy (non-hydrogen) atoms. The maximum atomic E-state index is 4.82. The summed E-state index contributed by atoms with van der Waals surface area (Å²) in [5.41, 5.74) is 4.12. The molecule has 150 valence electrons. The van der Waals surface area contributed by atoms with E-state index in [1.807, 2.05) is 0 Å². The van der Waals surface area contributed by atoms with Gasteiger partial charge in [0.25, 0.3) is 0 Å². The Hall–Kier alpha value is -2.81. The Morgan fingerprint density at radius 2 is 1.45 bits per heavy atom. The van der Waals surface area contributed by atoms with Crippen molar-refractivity contribution in [3.63, 3.8) is 0 Å². The van der Waals surface area contributed by atoms with Crippen molar-refractivity contribution in [3.8, 4) is 0 Å². The molecule has 0 saturated carbocycles. The van der Waals surface area contributed by atoms with Gasteiger partial charge >= 0.3 is 0 Å². The van der Waals surface area contributed by atoms with Crippen LogP contribution in [0.1, 0.15) is 48.5 Å². The summed E-state index contributed by atoms with van der Waals surface area (Å²) in [5, 5.41) is 0. The maximum absolute atomic E-state index is 4.82. The number of aliphatic imine (C=N–C) groups is 1. The molecule has 3 aromatic rings. The average molecular weight is 386 g/mol. The molecule has 1 saturated heterocycles. The van der Waals surface area contributed by atoms with Crippen LogP contribution in [0.4, 0.5) is 0 Å². The fourth-order valence-electron chi connectivity index (χ4n) is 4.60. The number of hydrogen-bond donors (Lipinski definition) is 0. The summed E-state index contributed by atoms with van der Waals surface area (Å²) >= 11 is 0. The highest BCUT2D eigenvalue weighted by atomic mass is 15.2. The topological polar surface area (TPSA) is 20.5 Å². The van der Waals surface area contributed by atoms with Gasteiger partial charge in [0.1, 0.15) is 0 Å². The predicted molar refractivity (Wildman–Crippen MR) is 121 cm³/mol. The second-order valence-corrected chi connectivity index (χ2v) is 8.16. The first kappa shape index (κ1) is 19.5. The van der Waals surface area contributed by atoms with Crippen molar-refractivity contribution < 1.29 is 0 Å². The highest BCUT2D eigenvalue weighted by Gasteiger charge is 2.28. The van der Waals surface area contributed by atoms with Crippen LogP contribution in [0.5, 0.6) is 0 Å². The first-order valence-electron chi connectivity index (χ1n) is 10.7. The minimum absolute atomic E-state index is 0.189. The van der Waals surface area contributed by atoms with Crippen molar-refractivity contribution in [3.05, 3.63) is 95.8 Å². The molecule has 1 atom stereocenters. The molecule has 1 aromatic heterocycles. The summed E-state index contributed by atoms with van der Waals surface area (Å²) in [5.74, 6) is 1.13. The fraction of sp³-hybridized carbons (Fsp3) is 0.346. The second-order valence-electron chi connectivity index (χ2n) is 8.16. The molecule has 0 aliphatic carbocycles. The molecule has 1 aliphatic rings. The standard InChI is InChI=1S/C26H31N3/c1-21(25-14-9-17-28(25)2)27-20-29-18-15-24(16-19-29)26(22-10-5-3-6-11-22)23-12-7-4-8-13-23/h3-14,17,20-21,24,26H,15-16,18-19H2,1-2H3. The highest BCUT2D eigenvalue weighted by molar-refractivity contribution is 5.55. The highest BCUT2D eigenvalue weighted by Crippen LogP contribution is 2.37. The monoisotopic (exact) mass is 385 g/mol. The molecule has 3 heteroatoms. The van der Waals surface area contributed by atoms with Gasteiger partial charge in [-0.05, 0) is 48.9 Å². The van der Waals surface area contributed by atoms with E-state index in [1.54, 1.807) is 0 Å². The maximum Gasteiger partial charge on any atom is 0.0888 e. The van der Waals surface area contributed by atoms with Crippen molar-refractivity contribution in [1.29, 1.82) is 0 Å². The van der Waals surface area contributed by atoms with E-state index in [2.05, 4.69) is 109 Å². The molecule has 0 N–H and O–H groups in total. The minimum atomic E-state index is 0.189. The molecule has 4 rings (SSSR count). The zero-order valence-corrected chi connectivity index (χ0v) is 17.5. The summed E-state index contributed by atoms with van der Waals surface area (Å²) < 4.78 is 2.15. The second kappa shape index (κ2) is 9.13. The zero-order valence-electron chi connectivity index (χ0n) is 17.5. The van der Waals surface area contributed by atoms with Gasteiger partial charge in [0.05, 0.1) is 12.4 Å². The van der Waals surface area contributed by atoms with Crippen LogP contribution in [0, 0.1) is 5.92 Å². The van der Waals surface area contributed by atoms with Gasteiger partial charge in [-0.1, -0.05) is 60.7 Å². The van der Waals surface area contributed by atoms with Crippen LogP contribution in [0.25, 0.3) is 0 Å². The number of benzene rings is 2. The quantitative estimate of drug-likeness (QED) is 0.396. The first-order valence-corrected chi connectivity index (χ1v) is 10.7. The number of aromatic nitrogens is 1. The van der Waals surface area contributed by atoms with E-state index in [0.29, 0.717) is 11.8 Å². The van der Waals surface area contributed by atoms with Gasteiger partial charge in [0.2, 0.25) is 0 Å². The smallest absolute Gasteiger partial charge is 0.0888 e. The van der Waals surface area contributed by atoms with Crippen molar-refractivity contribution in [2.75, 3.05) is 13.1 Å². The van der Waals surface area contributed by atoms with Gasteiger partial charge in [-0.3, -0.25) is 4.99 Å². The third kappa shape index (κ3) is 4.61. The van der Waals surface area contributed by atoms with E-state index in [9.17, 15) is 0 Å². The zero-order chi connectivity index (χ0) is 20.1. The van der Waals surface area contributed by atoms with Gasteiger partial charge in [-0.25, -0.2) is 0 Å². The van der Waals surface area contributed by atoms with Crippen LogP contribution >= 0.6 is 0 Å². The van der Waals surface area contributed by atoms with Crippen molar-refractivity contribution >= 4 is 6.34 Å². The predicted octanol–water partition coefficient (Wildman–Crippen LogP) is 5.66. The molecular formula is C26H31N3. The van der Waals surface area contributed by atoms with Crippen LogP contribution in [-0.4, -0.2) is 28.9 Å². The number of likely N-dealkylation sites (tertiary alicyclic amines) is 1. The van der Waals surface area contributed by atoms with Gasteiger partial charge in [0.15, 0.2) is 0 Å². The average Bonchev–Trinajstić information content (AvgIpc) is 3.21. The number of piperidine rings is 1. The van der Waals surface area contributed by atoms with E-state index in [1.165, 1.54) is 29.7 Å². The van der Waals surface area contributed by atoms with Crippen molar-refractivity contribution in [2.45, 2.75) is 31.7 Å². The fourth-order valence-corrected chi connectivity index (χ4v) is 4.60. The molecule has 3 nitrogen and oxygen atoms in total. The molecule has 0 radical (unpaired) electrons. The summed E-state index contributed by atoms with van der Waals surface area (Å²) in [6, 6.07) is 26.4. The number of aryl methyl sites for hydroxylation is 1. The van der Waals surface area contributed by atoms with E-state index in [4.69, 9.17) is 4.99 Å². The van der Waals surface area contributed by atoms with E-state index < -0.39 is 0 Å². The lowest BCUT2D eigenvalue weighted by Gasteiger charge is -2.36. The minimum Gasteiger partial charge on any atom is -0.363 e. The molecule has 0 spiro atoms. The number of nitrogens with zero attached hydrogens (tertiary/aromatic N) is 3. The Bertz CT molecular complexity index is 866. The van der Waals surface area contributed by atoms with Crippen LogP contribution < -0.4 is 0 Å². The van der Waals surface area contributed by atoms with Gasteiger partial charge in [0, 0.05) is 37.9 Å². The van der Waals surface area contributed by atoms with Crippen LogP contribution in [0.15, 0.2) is 84.0 Å². The Kier molecular flexibility index (Phi) is 6.14. The molecule has 1 aliphatic heterocycles. The van der Waals surface area contributed by atoms with Gasteiger partial charge in [-0.15, -0.1) is 0 Å². The van der Waals surface area contributed by atoms with Crippen molar-refractivity contribution in [1.82, 2.24) is 9.47 Å². The summed E-state index contributed by atoms with van der Waals surface area (Å²) in [6.07, 6.45) is 6.55. The summed E-state index contributed by atoms with van der Waals surface area (Å²) in [7, 11) is 2.08. The summed E-state index contributed by atoms with van der Waals surface area (Å²) in [6.45, 7) is 4.31. The SMILES string of the molecule is CC(N=CN1CCC(C(c2ccccc2)c2ccccc2)CC1)c1cccn1C. The lowest BCUT2D eigenvalue weighted by atomic mass is 9.76. The largest absolute Gasteiger partial charge is 0.363 e. The molecule has 1 unspecified atom stereocenters. The number of hydrogen-bond acceptors (Lipinski definition) is 1. The van der Waals surface area contributed by atoms with E-state index >= 15 is 0 Å². The molecule has 0 bridgehead atoms. The van der Waals surface area contributed by atoms with E-state index in [0.717, 1.165) is 13.1 Å². The molecule has 0 amide bonds. The van der Waals surface area contributed by atoms with Gasteiger partial charge in [-0.2, -0.15) is 0 Å². The first-order chi connectivity index (χ1) is 14.2. The van der Waals surface area contributed by atoms with Crippen LogP contribution in [0.2, 0.25) is 0 Å². The van der Waals surface area contributed by atoms with E-state index in [-0.39, 0.29) is 6.04 Å². The Labute approximate surface area is 174 Å². The van der Waals surface area contributed by atoms with Crippen molar-refractivity contribution in [2.24, 2.45) is 18.0 Å². The molecule has 2 heterocycles. The Morgan fingerprint density at radius 3 is 1.97 bits per heavy atom. The molecule has 1 fully saturated rings. The Balaban J connectivity index is 1.43. The molecule has 2 aromatic carbocycles. The normalized spacial score (nSPS) is 16.6. The third-order valence-corrected chi connectivity index (χ3v) is 6.23. The Morgan fingerprint density at radius 1 is 0.862 bits per heavy atom. The van der Waals surface area contributed by atoms with Gasteiger partial charge < -0.3 is 9.47 Å².